The maximum atomic E-state index is 14.2. The summed E-state index contributed by atoms with van der Waals surface area (Å²) >= 11 is 0. The Morgan fingerprint density at radius 2 is 1.79 bits per heavy atom. The van der Waals surface area contributed by atoms with Gasteiger partial charge in [-0.3, -0.25) is 9.59 Å². The zero-order valence-electron chi connectivity index (χ0n) is 22.5. The van der Waals surface area contributed by atoms with Crippen LogP contribution >= 0.6 is 0 Å². The molecule has 3 aromatic rings. The summed E-state index contributed by atoms with van der Waals surface area (Å²) in [5.74, 6) is -0.703. The van der Waals surface area contributed by atoms with E-state index in [1.165, 1.54) is 11.8 Å². The molecular formula is C30H32N4O4. The van der Waals surface area contributed by atoms with Crippen molar-refractivity contribution in [2.45, 2.75) is 65.8 Å². The molecule has 8 heteroatoms. The lowest BCUT2D eigenvalue weighted by atomic mass is 9.98. The van der Waals surface area contributed by atoms with Gasteiger partial charge in [-0.25, -0.2) is 4.79 Å². The van der Waals surface area contributed by atoms with Crippen molar-refractivity contribution in [1.29, 1.82) is 5.26 Å². The Morgan fingerprint density at radius 3 is 2.45 bits per heavy atom. The second kappa shape index (κ2) is 10.2. The van der Waals surface area contributed by atoms with Gasteiger partial charge >= 0.3 is 6.09 Å². The largest absolute Gasteiger partial charge is 0.444 e. The zero-order valence-corrected chi connectivity index (χ0v) is 22.5. The summed E-state index contributed by atoms with van der Waals surface area (Å²) in [5.41, 5.74) is 2.46. The van der Waals surface area contributed by atoms with Crippen molar-refractivity contribution in [3.63, 3.8) is 0 Å². The molecule has 0 aromatic heterocycles. The third-order valence-corrected chi connectivity index (χ3v) is 6.68. The number of hydrogen-bond donors (Lipinski definition) is 1. The van der Waals surface area contributed by atoms with Gasteiger partial charge in [0.25, 0.3) is 5.91 Å². The standard InChI is InChI=1S/C30H32N4O4/c1-18-11-13-22-9-7-8-10-23(22)24(18)17-33-25-14-12-21(16-31)15-26(25)34(20(3)35)19(2)27(28(33)36)32-29(37)38-30(4,5)6/h7-15,19,27H,17H2,1-6H3,(H,32,37)/t19-,27-/m0/s1. The van der Waals surface area contributed by atoms with Gasteiger partial charge in [-0.15, -0.1) is 0 Å². The van der Waals surface area contributed by atoms with Gasteiger partial charge in [0.15, 0.2) is 0 Å². The highest BCUT2D eigenvalue weighted by Crippen LogP contribution is 2.38. The first-order valence-corrected chi connectivity index (χ1v) is 12.5. The van der Waals surface area contributed by atoms with Gasteiger partial charge in [0.05, 0.1) is 35.6 Å². The highest BCUT2D eigenvalue weighted by atomic mass is 16.6. The van der Waals surface area contributed by atoms with E-state index >= 15 is 0 Å². The summed E-state index contributed by atoms with van der Waals surface area (Å²) in [6.07, 6.45) is -0.754. The summed E-state index contributed by atoms with van der Waals surface area (Å²) in [4.78, 5) is 43.1. The minimum absolute atomic E-state index is 0.204. The molecule has 4 rings (SSSR count). The molecule has 0 aliphatic carbocycles. The molecule has 0 fully saturated rings. The van der Waals surface area contributed by atoms with Crippen molar-refractivity contribution in [3.05, 3.63) is 71.3 Å². The van der Waals surface area contributed by atoms with Crippen LogP contribution in [0.2, 0.25) is 0 Å². The number of benzene rings is 3. The molecule has 1 aliphatic rings. The number of fused-ring (bicyclic) bond motifs is 2. The van der Waals surface area contributed by atoms with E-state index in [0.29, 0.717) is 16.9 Å². The second-order valence-electron chi connectivity index (χ2n) is 10.6. The van der Waals surface area contributed by atoms with E-state index in [9.17, 15) is 19.6 Å². The van der Waals surface area contributed by atoms with Crippen LogP contribution in [0.5, 0.6) is 0 Å². The first-order valence-electron chi connectivity index (χ1n) is 12.5. The monoisotopic (exact) mass is 512 g/mol. The molecule has 0 radical (unpaired) electrons. The van der Waals surface area contributed by atoms with E-state index in [2.05, 4.69) is 11.4 Å². The lowest BCUT2D eigenvalue weighted by molar-refractivity contribution is -0.121. The van der Waals surface area contributed by atoms with Crippen molar-refractivity contribution < 1.29 is 19.1 Å². The highest BCUT2D eigenvalue weighted by molar-refractivity contribution is 6.08. The molecule has 3 aromatic carbocycles. The third-order valence-electron chi connectivity index (χ3n) is 6.68. The van der Waals surface area contributed by atoms with Crippen LogP contribution in [0.1, 0.15) is 51.3 Å². The second-order valence-corrected chi connectivity index (χ2v) is 10.6. The van der Waals surface area contributed by atoms with Crippen LogP contribution in [0.25, 0.3) is 10.8 Å². The Bertz CT molecular complexity index is 1470. The number of carbonyl (C=O) groups is 3. The van der Waals surface area contributed by atoms with E-state index in [1.807, 2.05) is 43.3 Å². The van der Waals surface area contributed by atoms with Crippen LogP contribution in [0, 0.1) is 18.3 Å². The Hall–Kier alpha value is -4.38. The molecule has 1 aliphatic heterocycles. The molecule has 1 N–H and O–H groups in total. The lowest BCUT2D eigenvalue weighted by Crippen LogP contribution is -2.58. The Kier molecular flexibility index (Phi) is 7.14. The molecule has 0 spiro atoms. The van der Waals surface area contributed by atoms with Gasteiger partial charge in [0.2, 0.25) is 5.91 Å². The van der Waals surface area contributed by atoms with E-state index in [-0.39, 0.29) is 18.4 Å². The van der Waals surface area contributed by atoms with Gasteiger partial charge < -0.3 is 19.9 Å². The van der Waals surface area contributed by atoms with Crippen LogP contribution in [-0.4, -0.2) is 35.6 Å². The third kappa shape index (κ3) is 5.18. The molecule has 8 nitrogen and oxygen atoms in total. The summed E-state index contributed by atoms with van der Waals surface area (Å²) in [6.45, 7) is 10.5. The molecule has 0 saturated heterocycles. The minimum Gasteiger partial charge on any atom is -0.444 e. The molecule has 196 valence electrons. The first kappa shape index (κ1) is 26.7. The van der Waals surface area contributed by atoms with Crippen molar-refractivity contribution in [2.24, 2.45) is 0 Å². The number of anilines is 2. The number of nitrogens with zero attached hydrogens (tertiary/aromatic N) is 3. The molecule has 38 heavy (non-hydrogen) atoms. The Labute approximate surface area is 222 Å². The molecule has 2 atom stereocenters. The van der Waals surface area contributed by atoms with Crippen LogP contribution in [0.15, 0.2) is 54.6 Å². The van der Waals surface area contributed by atoms with Gasteiger partial charge in [-0.2, -0.15) is 5.26 Å². The minimum atomic E-state index is -1.10. The summed E-state index contributed by atoms with van der Waals surface area (Å²) < 4.78 is 5.45. The summed E-state index contributed by atoms with van der Waals surface area (Å²) in [7, 11) is 0. The molecule has 0 unspecified atom stereocenters. The SMILES string of the molecule is CC(=O)N1c2cc(C#N)ccc2N(Cc2c(C)ccc3ccccc23)C(=O)[C@@H](NC(=O)OC(C)(C)C)[C@@H]1C. The predicted molar refractivity (Wildman–Crippen MR) is 147 cm³/mol. The average Bonchev–Trinajstić information content (AvgIpc) is 2.92. The quantitative estimate of drug-likeness (QED) is 0.520. The van der Waals surface area contributed by atoms with Crippen LogP contribution in [0.3, 0.4) is 0 Å². The van der Waals surface area contributed by atoms with Crippen LogP contribution in [0.4, 0.5) is 16.2 Å². The predicted octanol–water partition coefficient (Wildman–Crippen LogP) is 5.20. The number of rotatable bonds is 3. The number of nitrogens with one attached hydrogen (secondary N) is 1. The fourth-order valence-electron chi connectivity index (χ4n) is 4.92. The number of carbonyl (C=O) groups excluding carboxylic acids is 3. The van der Waals surface area contributed by atoms with Crippen molar-refractivity contribution in [3.8, 4) is 6.07 Å². The molecule has 0 saturated carbocycles. The fourth-order valence-corrected chi connectivity index (χ4v) is 4.92. The maximum Gasteiger partial charge on any atom is 0.408 e. The normalized spacial score (nSPS) is 17.4. The zero-order chi connectivity index (χ0) is 27.8. The number of nitriles is 1. The van der Waals surface area contributed by atoms with E-state index in [4.69, 9.17) is 4.74 Å². The Balaban J connectivity index is 1.89. The smallest absolute Gasteiger partial charge is 0.408 e. The summed E-state index contributed by atoms with van der Waals surface area (Å²) in [5, 5.41) is 14.3. The number of amides is 3. The van der Waals surface area contributed by atoms with Crippen molar-refractivity contribution >= 4 is 40.1 Å². The first-order chi connectivity index (χ1) is 17.9. The number of hydrogen-bond acceptors (Lipinski definition) is 5. The van der Waals surface area contributed by atoms with Crippen molar-refractivity contribution in [2.75, 3.05) is 9.80 Å². The Morgan fingerprint density at radius 1 is 1.08 bits per heavy atom. The summed E-state index contributed by atoms with van der Waals surface area (Å²) in [6, 6.07) is 17.2. The molecular weight excluding hydrogens is 480 g/mol. The number of aryl methyl sites for hydroxylation is 1. The molecule has 0 bridgehead atoms. The van der Waals surface area contributed by atoms with E-state index in [0.717, 1.165) is 21.9 Å². The molecule has 1 heterocycles. The average molecular weight is 513 g/mol. The van der Waals surface area contributed by atoms with Crippen molar-refractivity contribution in [1.82, 2.24) is 5.32 Å². The number of ether oxygens (including phenoxy) is 1. The fraction of sp³-hybridized carbons (Fsp3) is 0.333. The maximum absolute atomic E-state index is 14.2. The van der Waals surface area contributed by atoms with E-state index < -0.39 is 23.8 Å². The van der Waals surface area contributed by atoms with Gasteiger partial charge in [0, 0.05) is 6.92 Å². The lowest BCUT2D eigenvalue weighted by Gasteiger charge is -2.32. The highest BCUT2D eigenvalue weighted by Gasteiger charge is 2.42. The van der Waals surface area contributed by atoms with Gasteiger partial charge in [0.1, 0.15) is 11.6 Å². The van der Waals surface area contributed by atoms with Crippen LogP contribution < -0.4 is 15.1 Å². The molecule has 3 amide bonds. The van der Waals surface area contributed by atoms with Crippen LogP contribution in [-0.2, 0) is 20.9 Å². The van der Waals surface area contributed by atoms with E-state index in [1.54, 1.807) is 50.8 Å². The van der Waals surface area contributed by atoms with Gasteiger partial charge in [-0.1, -0.05) is 36.4 Å². The van der Waals surface area contributed by atoms with Gasteiger partial charge in [-0.05, 0) is 74.7 Å². The number of alkyl carbamates (subject to hydrolysis) is 1. The topological polar surface area (TPSA) is 103 Å².